The maximum absolute atomic E-state index is 12.2. The van der Waals surface area contributed by atoms with Gasteiger partial charge in [-0.1, -0.05) is 23.2 Å². The van der Waals surface area contributed by atoms with Crippen molar-refractivity contribution >= 4 is 35.1 Å². The first-order valence-corrected chi connectivity index (χ1v) is 6.19. The average molecular weight is 305 g/mol. The molecular weight excluding hydrogens is 295 g/mol. The Morgan fingerprint density at radius 3 is 2.42 bits per heavy atom. The molecule has 1 aromatic heterocycles. The highest BCUT2D eigenvalue weighted by Gasteiger charge is 2.39. The summed E-state index contributed by atoms with van der Waals surface area (Å²) in [6, 6.07) is 1.56. The molecule has 1 aliphatic rings. The van der Waals surface area contributed by atoms with Crippen LogP contribution in [0.2, 0.25) is 10.3 Å². The van der Waals surface area contributed by atoms with Crippen LogP contribution in [0.3, 0.4) is 0 Å². The average Bonchev–Trinajstić information content (AvgIpc) is 2.69. The normalized spacial score (nSPS) is 22.6. The van der Waals surface area contributed by atoms with E-state index in [1.807, 2.05) is 0 Å². The van der Waals surface area contributed by atoms with Crippen molar-refractivity contribution in [3.05, 3.63) is 28.0 Å². The summed E-state index contributed by atoms with van der Waals surface area (Å²) in [5.74, 6) is -1.70. The Hall–Kier alpha value is -1.37. The number of aliphatic carboxylic acids is 1. The van der Waals surface area contributed by atoms with E-state index in [9.17, 15) is 14.7 Å². The van der Waals surface area contributed by atoms with Gasteiger partial charge in [0.15, 0.2) is 0 Å². The molecule has 2 heterocycles. The number of likely N-dealkylation sites (tertiary alicyclic amines) is 1. The number of rotatable bonds is 2. The lowest BCUT2D eigenvalue weighted by atomic mass is 10.2. The van der Waals surface area contributed by atoms with Crippen molar-refractivity contribution in [3.8, 4) is 0 Å². The van der Waals surface area contributed by atoms with Crippen molar-refractivity contribution in [2.75, 3.05) is 6.54 Å². The first-order valence-electron chi connectivity index (χ1n) is 5.43. The highest BCUT2D eigenvalue weighted by atomic mass is 35.5. The number of carbonyl (C=O) groups excluding carboxylic acids is 1. The molecule has 1 aliphatic heterocycles. The lowest BCUT2D eigenvalue weighted by Gasteiger charge is -2.21. The molecule has 0 aromatic carbocycles. The number of carboxylic acid groups (broad SMARTS) is 1. The number of aliphatic hydroxyl groups excluding tert-OH is 1. The maximum Gasteiger partial charge on any atom is 0.326 e. The molecule has 8 heteroatoms. The van der Waals surface area contributed by atoms with E-state index >= 15 is 0 Å². The molecule has 1 amide bonds. The van der Waals surface area contributed by atoms with Gasteiger partial charge < -0.3 is 15.1 Å². The molecule has 2 rings (SSSR count). The number of hydrogen-bond acceptors (Lipinski definition) is 4. The molecule has 0 spiro atoms. The minimum Gasteiger partial charge on any atom is -0.480 e. The summed E-state index contributed by atoms with van der Waals surface area (Å²) in [5.41, 5.74) is 0.144. The van der Waals surface area contributed by atoms with Crippen LogP contribution in [0.15, 0.2) is 12.1 Å². The Morgan fingerprint density at radius 1 is 1.32 bits per heavy atom. The Morgan fingerprint density at radius 2 is 1.89 bits per heavy atom. The van der Waals surface area contributed by atoms with Gasteiger partial charge in [0, 0.05) is 18.5 Å². The van der Waals surface area contributed by atoms with Crippen LogP contribution in [0, 0.1) is 0 Å². The molecule has 2 atom stereocenters. The smallest absolute Gasteiger partial charge is 0.326 e. The van der Waals surface area contributed by atoms with E-state index in [0.717, 1.165) is 4.90 Å². The molecule has 0 unspecified atom stereocenters. The summed E-state index contributed by atoms with van der Waals surface area (Å²) < 4.78 is 0. The number of carboxylic acids is 1. The van der Waals surface area contributed by atoms with Gasteiger partial charge in [-0.25, -0.2) is 9.78 Å². The Balaban J connectivity index is 2.30. The van der Waals surface area contributed by atoms with Crippen LogP contribution in [-0.2, 0) is 4.79 Å². The molecular formula is C11H10Cl2N2O4. The van der Waals surface area contributed by atoms with Crippen molar-refractivity contribution in [2.45, 2.75) is 18.6 Å². The number of hydrogen-bond donors (Lipinski definition) is 2. The summed E-state index contributed by atoms with van der Waals surface area (Å²) in [5, 5.41) is 18.6. The summed E-state index contributed by atoms with van der Waals surface area (Å²) in [6.07, 6.45) is -0.842. The third-order valence-corrected chi connectivity index (χ3v) is 3.22. The van der Waals surface area contributed by atoms with Gasteiger partial charge >= 0.3 is 5.97 Å². The predicted molar refractivity (Wildman–Crippen MR) is 67.3 cm³/mol. The molecule has 0 saturated carbocycles. The van der Waals surface area contributed by atoms with E-state index in [0.29, 0.717) is 0 Å². The lowest BCUT2D eigenvalue weighted by Crippen LogP contribution is -2.40. The molecule has 0 aliphatic carbocycles. The Kier molecular flexibility index (Phi) is 3.93. The predicted octanol–water partition coefficient (Wildman–Crippen LogP) is 1.05. The minimum atomic E-state index is -1.16. The zero-order valence-electron chi connectivity index (χ0n) is 9.58. The van der Waals surface area contributed by atoms with E-state index in [1.165, 1.54) is 12.1 Å². The van der Waals surface area contributed by atoms with Gasteiger partial charge in [0.05, 0.1) is 6.10 Å². The lowest BCUT2D eigenvalue weighted by molar-refractivity contribution is -0.141. The monoisotopic (exact) mass is 304 g/mol. The van der Waals surface area contributed by atoms with Crippen LogP contribution in [0.25, 0.3) is 0 Å². The quantitative estimate of drug-likeness (QED) is 0.797. The van der Waals surface area contributed by atoms with Crippen molar-refractivity contribution < 1.29 is 19.8 Å². The van der Waals surface area contributed by atoms with Crippen LogP contribution in [0.4, 0.5) is 0 Å². The summed E-state index contributed by atoms with van der Waals surface area (Å²) in [6.45, 7) is -0.0344. The van der Waals surface area contributed by atoms with Gasteiger partial charge in [-0.15, -0.1) is 0 Å². The van der Waals surface area contributed by atoms with Crippen LogP contribution in [0.1, 0.15) is 16.8 Å². The highest BCUT2D eigenvalue weighted by molar-refractivity contribution is 6.33. The van der Waals surface area contributed by atoms with Crippen molar-refractivity contribution in [1.82, 2.24) is 9.88 Å². The maximum atomic E-state index is 12.2. The second-order valence-electron chi connectivity index (χ2n) is 4.20. The first kappa shape index (κ1) is 14.0. The van der Waals surface area contributed by atoms with Crippen LogP contribution in [0.5, 0.6) is 0 Å². The Labute approximate surface area is 118 Å². The van der Waals surface area contributed by atoms with Gasteiger partial charge in [0.2, 0.25) is 0 Å². The second-order valence-corrected chi connectivity index (χ2v) is 4.98. The fourth-order valence-corrected chi connectivity index (χ4v) is 2.49. The van der Waals surface area contributed by atoms with Gasteiger partial charge in [-0.2, -0.15) is 0 Å². The van der Waals surface area contributed by atoms with Crippen LogP contribution in [-0.4, -0.2) is 50.7 Å². The number of aromatic nitrogens is 1. The molecule has 1 saturated heterocycles. The van der Waals surface area contributed by atoms with Crippen molar-refractivity contribution in [3.63, 3.8) is 0 Å². The third-order valence-electron chi connectivity index (χ3n) is 2.83. The standard InChI is InChI=1S/C11H10Cl2N2O4/c12-8-1-5(2-9(13)14-8)10(17)15-4-6(16)3-7(15)11(18)19/h1-2,6-7,16H,3-4H2,(H,18,19)/t6-,7-/m1/s1. The summed E-state index contributed by atoms with van der Waals surface area (Å²) in [7, 11) is 0. The number of carbonyl (C=O) groups is 2. The SMILES string of the molecule is O=C(O)[C@H]1C[C@@H](O)CN1C(=O)c1cc(Cl)nc(Cl)c1. The topological polar surface area (TPSA) is 90.7 Å². The number of halogens is 2. The first-order chi connectivity index (χ1) is 8.88. The molecule has 1 fully saturated rings. The van der Waals surface area contributed by atoms with Crippen LogP contribution < -0.4 is 0 Å². The van der Waals surface area contributed by atoms with Crippen molar-refractivity contribution in [1.29, 1.82) is 0 Å². The van der Waals surface area contributed by atoms with E-state index in [2.05, 4.69) is 4.98 Å². The van der Waals surface area contributed by atoms with E-state index < -0.39 is 24.0 Å². The number of amides is 1. The molecule has 1 aromatic rings. The number of pyridine rings is 1. The fraction of sp³-hybridized carbons (Fsp3) is 0.364. The molecule has 2 N–H and O–H groups in total. The van der Waals surface area contributed by atoms with Crippen molar-refractivity contribution in [2.24, 2.45) is 0 Å². The van der Waals surface area contributed by atoms with Gasteiger partial charge in [-0.3, -0.25) is 4.79 Å². The molecule has 19 heavy (non-hydrogen) atoms. The van der Waals surface area contributed by atoms with Gasteiger partial charge in [0.1, 0.15) is 16.3 Å². The highest BCUT2D eigenvalue weighted by Crippen LogP contribution is 2.23. The second kappa shape index (κ2) is 5.32. The van der Waals surface area contributed by atoms with Gasteiger partial charge in [-0.05, 0) is 12.1 Å². The molecule has 0 radical (unpaired) electrons. The van der Waals surface area contributed by atoms with Crippen LogP contribution >= 0.6 is 23.2 Å². The number of nitrogens with zero attached hydrogens (tertiary/aromatic N) is 2. The number of aliphatic hydroxyl groups is 1. The van der Waals surface area contributed by atoms with Gasteiger partial charge in [0.25, 0.3) is 5.91 Å². The zero-order valence-corrected chi connectivity index (χ0v) is 11.1. The fourth-order valence-electron chi connectivity index (χ4n) is 2.03. The van der Waals surface area contributed by atoms with E-state index in [-0.39, 0.29) is 28.8 Å². The third kappa shape index (κ3) is 2.97. The molecule has 6 nitrogen and oxygen atoms in total. The minimum absolute atomic E-state index is 0.00756. The van der Waals surface area contributed by atoms with E-state index in [1.54, 1.807) is 0 Å². The summed E-state index contributed by atoms with van der Waals surface area (Å²) >= 11 is 11.4. The largest absolute Gasteiger partial charge is 0.480 e. The molecule has 0 bridgehead atoms. The van der Waals surface area contributed by atoms with E-state index in [4.69, 9.17) is 28.3 Å². The zero-order chi connectivity index (χ0) is 14.2. The Bertz CT molecular complexity index is 517. The molecule has 102 valence electrons. The number of β-amino-alcohol motifs (C(OH)–C–C–N with tert-alkyl or cyclic N) is 1. The summed E-state index contributed by atoms with van der Waals surface area (Å²) in [4.78, 5) is 28.1.